The van der Waals surface area contributed by atoms with Crippen LogP contribution in [0.3, 0.4) is 0 Å². The number of halogens is 1. The minimum absolute atomic E-state index is 0.379. The predicted octanol–water partition coefficient (Wildman–Crippen LogP) is 3.22. The van der Waals surface area contributed by atoms with E-state index in [4.69, 9.17) is 10.4 Å². The molecule has 0 atom stereocenters. The lowest BCUT2D eigenvalue weighted by Crippen LogP contribution is -2.00. The SMILES string of the molecule is N#C/C(=C\c1cn(Cc2ccccn2)c2cc(F)ccc12)C(=O)O. The number of carboxylic acid groups (broad SMARTS) is 1. The van der Waals surface area contributed by atoms with Crippen molar-refractivity contribution in [3.05, 3.63) is 71.4 Å². The van der Waals surface area contributed by atoms with Crippen LogP contribution in [0.25, 0.3) is 17.0 Å². The fourth-order valence-electron chi connectivity index (χ4n) is 2.50. The second-order valence-electron chi connectivity index (χ2n) is 5.17. The van der Waals surface area contributed by atoms with Crippen LogP contribution in [0.2, 0.25) is 0 Å². The Balaban J connectivity index is 2.15. The van der Waals surface area contributed by atoms with Crippen molar-refractivity contribution in [2.24, 2.45) is 0 Å². The fourth-order valence-corrected chi connectivity index (χ4v) is 2.50. The maximum absolute atomic E-state index is 13.6. The van der Waals surface area contributed by atoms with Crippen molar-refractivity contribution in [2.75, 3.05) is 0 Å². The van der Waals surface area contributed by atoms with Gasteiger partial charge in [0.2, 0.25) is 0 Å². The second-order valence-corrected chi connectivity index (χ2v) is 5.17. The van der Waals surface area contributed by atoms with Crippen molar-refractivity contribution in [1.29, 1.82) is 5.26 Å². The van der Waals surface area contributed by atoms with E-state index in [1.54, 1.807) is 35.2 Å². The van der Waals surface area contributed by atoms with Crippen molar-refractivity contribution in [3.63, 3.8) is 0 Å². The Kier molecular flexibility index (Phi) is 4.08. The number of carboxylic acids is 1. The molecule has 6 heteroatoms. The van der Waals surface area contributed by atoms with E-state index in [0.29, 0.717) is 23.0 Å². The van der Waals surface area contributed by atoms with Crippen LogP contribution in [0.5, 0.6) is 0 Å². The quantitative estimate of drug-likeness (QED) is 0.591. The third kappa shape index (κ3) is 3.01. The van der Waals surface area contributed by atoms with Gasteiger partial charge < -0.3 is 9.67 Å². The number of hydrogen-bond acceptors (Lipinski definition) is 3. The molecule has 0 bridgehead atoms. The van der Waals surface area contributed by atoms with Gasteiger partial charge in [-0.05, 0) is 36.4 Å². The van der Waals surface area contributed by atoms with Gasteiger partial charge in [0.15, 0.2) is 0 Å². The van der Waals surface area contributed by atoms with Crippen LogP contribution < -0.4 is 0 Å². The molecule has 5 nitrogen and oxygen atoms in total. The van der Waals surface area contributed by atoms with Crippen LogP contribution in [-0.2, 0) is 11.3 Å². The third-order valence-electron chi connectivity index (χ3n) is 3.58. The average molecular weight is 321 g/mol. The molecular formula is C18H12FN3O2. The van der Waals surface area contributed by atoms with Crippen LogP contribution in [0, 0.1) is 17.1 Å². The average Bonchev–Trinajstić information content (AvgIpc) is 2.90. The van der Waals surface area contributed by atoms with Crippen molar-refractivity contribution in [2.45, 2.75) is 6.54 Å². The molecule has 0 radical (unpaired) electrons. The molecule has 2 heterocycles. The minimum atomic E-state index is -1.30. The third-order valence-corrected chi connectivity index (χ3v) is 3.58. The highest BCUT2D eigenvalue weighted by molar-refractivity contribution is 6.00. The summed E-state index contributed by atoms with van der Waals surface area (Å²) in [4.78, 5) is 15.3. The van der Waals surface area contributed by atoms with E-state index in [1.807, 2.05) is 12.1 Å². The number of aromatic nitrogens is 2. The van der Waals surface area contributed by atoms with Gasteiger partial charge in [-0.25, -0.2) is 9.18 Å². The highest BCUT2D eigenvalue weighted by Gasteiger charge is 2.12. The number of carbonyl (C=O) groups is 1. The molecule has 2 aromatic heterocycles. The monoisotopic (exact) mass is 321 g/mol. The van der Waals surface area contributed by atoms with Gasteiger partial charge in [0.1, 0.15) is 17.5 Å². The first-order valence-corrected chi connectivity index (χ1v) is 7.12. The predicted molar refractivity (Wildman–Crippen MR) is 86.5 cm³/mol. The van der Waals surface area contributed by atoms with E-state index in [-0.39, 0.29) is 5.57 Å². The summed E-state index contributed by atoms with van der Waals surface area (Å²) in [6.07, 6.45) is 4.65. The number of nitrogens with zero attached hydrogens (tertiary/aromatic N) is 3. The molecule has 3 aromatic rings. The van der Waals surface area contributed by atoms with E-state index in [9.17, 15) is 9.18 Å². The molecule has 0 aliphatic carbocycles. The lowest BCUT2D eigenvalue weighted by Gasteiger charge is -2.04. The molecule has 0 aliphatic rings. The van der Waals surface area contributed by atoms with Crippen LogP contribution in [-0.4, -0.2) is 20.6 Å². The molecule has 1 N–H and O–H groups in total. The highest BCUT2D eigenvalue weighted by Crippen LogP contribution is 2.25. The Morgan fingerprint density at radius 3 is 2.88 bits per heavy atom. The minimum Gasteiger partial charge on any atom is -0.477 e. The Labute approximate surface area is 136 Å². The summed E-state index contributed by atoms with van der Waals surface area (Å²) in [5.41, 5.74) is 1.55. The highest BCUT2D eigenvalue weighted by atomic mass is 19.1. The van der Waals surface area contributed by atoms with Crippen molar-refractivity contribution < 1.29 is 14.3 Å². The molecule has 118 valence electrons. The molecule has 1 aromatic carbocycles. The molecule has 0 spiro atoms. The van der Waals surface area contributed by atoms with Crippen molar-refractivity contribution in [3.8, 4) is 6.07 Å². The van der Waals surface area contributed by atoms with Crippen molar-refractivity contribution >= 4 is 22.9 Å². The fraction of sp³-hybridized carbons (Fsp3) is 0.0556. The van der Waals surface area contributed by atoms with Crippen LogP contribution >= 0.6 is 0 Å². The Hall–Kier alpha value is -3.46. The Morgan fingerprint density at radius 1 is 1.38 bits per heavy atom. The van der Waals surface area contributed by atoms with Gasteiger partial charge in [-0.3, -0.25) is 4.98 Å². The maximum Gasteiger partial charge on any atom is 0.346 e. The first-order valence-electron chi connectivity index (χ1n) is 7.12. The molecule has 0 fully saturated rings. The largest absolute Gasteiger partial charge is 0.477 e. The van der Waals surface area contributed by atoms with Gasteiger partial charge in [0, 0.05) is 23.3 Å². The topological polar surface area (TPSA) is 78.9 Å². The van der Waals surface area contributed by atoms with E-state index in [0.717, 1.165) is 5.69 Å². The van der Waals surface area contributed by atoms with Gasteiger partial charge in [-0.15, -0.1) is 0 Å². The van der Waals surface area contributed by atoms with Crippen LogP contribution in [0.15, 0.2) is 54.4 Å². The summed E-state index contributed by atoms with van der Waals surface area (Å²) in [7, 11) is 0. The Morgan fingerprint density at radius 2 is 2.21 bits per heavy atom. The molecule has 0 aliphatic heterocycles. The zero-order valence-electron chi connectivity index (χ0n) is 12.5. The van der Waals surface area contributed by atoms with E-state index < -0.39 is 11.8 Å². The summed E-state index contributed by atoms with van der Waals surface area (Å²) in [5.74, 6) is -1.69. The Bertz CT molecular complexity index is 985. The zero-order chi connectivity index (χ0) is 17.1. The number of nitriles is 1. The first-order chi connectivity index (χ1) is 11.6. The number of hydrogen-bond donors (Lipinski definition) is 1. The van der Waals surface area contributed by atoms with E-state index in [2.05, 4.69) is 4.98 Å². The molecule has 0 amide bonds. The lowest BCUT2D eigenvalue weighted by atomic mass is 10.1. The zero-order valence-corrected chi connectivity index (χ0v) is 12.5. The summed E-state index contributed by atoms with van der Waals surface area (Å²) in [5, 5.41) is 18.6. The second kappa shape index (κ2) is 6.34. The van der Waals surface area contributed by atoms with Crippen molar-refractivity contribution in [1.82, 2.24) is 9.55 Å². The maximum atomic E-state index is 13.6. The molecule has 0 saturated carbocycles. The van der Waals surface area contributed by atoms with E-state index >= 15 is 0 Å². The summed E-state index contributed by atoms with van der Waals surface area (Å²) in [6.45, 7) is 0.406. The van der Waals surface area contributed by atoms with Gasteiger partial charge in [0.05, 0.1) is 17.8 Å². The van der Waals surface area contributed by atoms with Gasteiger partial charge >= 0.3 is 5.97 Å². The van der Waals surface area contributed by atoms with Gasteiger partial charge in [0.25, 0.3) is 0 Å². The number of rotatable bonds is 4. The van der Waals surface area contributed by atoms with Crippen LogP contribution in [0.1, 0.15) is 11.3 Å². The summed E-state index contributed by atoms with van der Waals surface area (Å²) >= 11 is 0. The standard InChI is InChI=1S/C18H12FN3O2/c19-14-4-5-16-13(7-12(9-20)18(23)24)10-22(17(16)8-14)11-15-3-1-2-6-21-15/h1-8,10H,11H2,(H,23,24)/b12-7+. The van der Waals surface area contributed by atoms with Crippen LogP contribution in [0.4, 0.5) is 4.39 Å². The van der Waals surface area contributed by atoms with Gasteiger partial charge in [-0.2, -0.15) is 5.26 Å². The normalized spacial score (nSPS) is 11.4. The number of benzene rings is 1. The van der Waals surface area contributed by atoms with E-state index in [1.165, 1.54) is 18.2 Å². The smallest absolute Gasteiger partial charge is 0.346 e. The molecule has 0 unspecified atom stereocenters. The summed E-state index contributed by atoms with van der Waals surface area (Å²) < 4.78 is 15.4. The first kappa shape index (κ1) is 15.4. The summed E-state index contributed by atoms with van der Waals surface area (Å²) in [6, 6.07) is 11.4. The number of fused-ring (bicyclic) bond motifs is 1. The van der Waals surface area contributed by atoms with Gasteiger partial charge in [-0.1, -0.05) is 6.07 Å². The lowest BCUT2D eigenvalue weighted by molar-refractivity contribution is -0.132. The molecular weight excluding hydrogens is 309 g/mol. The number of pyridine rings is 1. The molecule has 0 saturated heterocycles. The molecule has 3 rings (SSSR count). The molecule has 24 heavy (non-hydrogen) atoms. The number of aliphatic carboxylic acids is 1.